The van der Waals surface area contributed by atoms with Crippen LogP contribution in [0.15, 0.2) is 18.5 Å². The van der Waals surface area contributed by atoms with E-state index >= 15 is 0 Å². The predicted molar refractivity (Wildman–Crippen MR) is 82.0 cm³/mol. The minimum Gasteiger partial charge on any atom is -0.353 e. The van der Waals surface area contributed by atoms with Gasteiger partial charge in [-0.15, -0.1) is 0 Å². The number of nitrogens with zero attached hydrogens (tertiary/aromatic N) is 4. The Morgan fingerprint density at radius 3 is 2.48 bits per heavy atom. The lowest BCUT2D eigenvalue weighted by atomic mass is 10.1. The number of rotatable bonds is 5. The molecule has 7 heteroatoms. The maximum atomic E-state index is 11.7. The summed E-state index contributed by atoms with van der Waals surface area (Å²) < 4.78 is 0. The summed E-state index contributed by atoms with van der Waals surface area (Å²) in [6.07, 6.45) is 3.53. The van der Waals surface area contributed by atoms with Gasteiger partial charge < -0.3 is 16.0 Å². The Morgan fingerprint density at radius 1 is 1.29 bits per heavy atom. The quantitative estimate of drug-likeness (QED) is 0.757. The van der Waals surface area contributed by atoms with E-state index in [1.54, 1.807) is 26.2 Å². The number of anilines is 1. The van der Waals surface area contributed by atoms with Gasteiger partial charge in [0.2, 0.25) is 11.9 Å². The second kappa shape index (κ2) is 6.82. The van der Waals surface area contributed by atoms with Gasteiger partial charge in [0, 0.05) is 51.7 Å². The van der Waals surface area contributed by atoms with Crippen LogP contribution in [0.25, 0.3) is 0 Å². The fourth-order valence-electron chi connectivity index (χ4n) is 2.18. The number of hydrogen-bond donors (Lipinski definition) is 2. The van der Waals surface area contributed by atoms with Gasteiger partial charge in [0.25, 0.3) is 0 Å². The molecule has 2 rings (SSSR count). The lowest BCUT2D eigenvalue weighted by Crippen LogP contribution is -2.52. The van der Waals surface area contributed by atoms with E-state index in [2.05, 4.69) is 25.1 Å². The Bertz CT molecular complexity index is 450. The Balaban J connectivity index is 1.69. The summed E-state index contributed by atoms with van der Waals surface area (Å²) in [7, 11) is 0. The van der Waals surface area contributed by atoms with Crippen LogP contribution in [0, 0.1) is 0 Å². The molecule has 7 nitrogen and oxygen atoms in total. The number of hydrogen-bond acceptors (Lipinski definition) is 6. The number of piperazine rings is 1. The number of nitrogens with one attached hydrogen (secondary N) is 1. The minimum atomic E-state index is -0.816. The standard InChI is InChI=1S/C14H24N6O/c1-14(2,15)12(21)16-6-7-19-8-10-20(11-9-19)13-17-4-3-5-18-13/h3-5H,6-11,15H2,1-2H3,(H,16,21). The molecule has 0 unspecified atom stereocenters. The highest BCUT2D eigenvalue weighted by Gasteiger charge is 2.22. The van der Waals surface area contributed by atoms with Gasteiger partial charge in [-0.3, -0.25) is 9.69 Å². The number of carbonyl (C=O) groups excluding carboxylic acids is 1. The largest absolute Gasteiger partial charge is 0.353 e. The van der Waals surface area contributed by atoms with E-state index in [-0.39, 0.29) is 5.91 Å². The Kier molecular flexibility index (Phi) is 5.08. The molecule has 2 heterocycles. The van der Waals surface area contributed by atoms with Gasteiger partial charge >= 0.3 is 0 Å². The van der Waals surface area contributed by atoms with E-state index in [9.17, 15) is 4.79 Å². The van der Waals surface area contributed by atoms with Gasteiger partial charge in [0.05, 0.1) is 5.54 Å². The van der Waals surface area contributed by atoms with Crippen molar-refractivity contribution in [1.29, 1.82) is 0 Å². The molecule has 1 aromatic heterocycles. The summed E-state index contributed by atoms with van der Waals surface area (Å²) in [4.78, 5) is 24.7. The third kappa shape index (κ3) is 4.64. The van der Waals surface area contributed by atoms with Crippen LogP contribution < -0.4 is 16.0 Å². The third-order valence-electron chi connectivity index (χ3n) is 3.51. The fraction of sp³-hybridized carbons (Fsp3) is 0.643. The van der Waals surface area contributed by atoms with Crippen LogP contribution in [0.3, 0.4) is 0 Å². The smallest absolute Gasteiger partial charge is 0.239 e. The second-order valence-corrected chi connectivity index (χ2v) is 5.86. The SMILES string of the molecule is CC(C)(N)C(=O)NCCN1CCN(c2ncccn2)CC1. The molecule has 0 radical (unpaired) electrons. The van der Waals surface area contributed by atoms with Crippen molar-refractivity contribution in [3.05, 3.63) is 18.5 Å². The van der Waals surface area contributed by atoms with Crippen LogP contribution in [0.1, 0.15) is 13.8 Å². The summed E-state index contributed by atoms with van der Waals surface area (Å²) >= 11 is 0. The molecule has 21 heavy (non-hydrogen) atoms. The van der Waals surface area contributed by atoms with Crippen molar-refractivity contribution in [1.82, 2.24) is 20.2 Å². The van der Waals surface area contributed by atoms with Crippen molar-refractivity contribution < 1.29 is 4.79 Å². The number of amides is 1. The molecular formula is C14H24N6O. The van der Waals surface area contributed by atoms with Crippen molar-refractivity contribution in [2.45, 2.75) is 19.4 Å². The highest BCUT2D eigenvalue weighted by atomic mass is 16.2. The molecule has 116 valence electrons. The molecule has 3 N–H and O–H groups in total. The maximum absolute atomic E-state index is 11.7. The molecule has 1 fully saturated rings. The normalized spacial score (nSPS) is 16.8. The molecule has 0 saturated carbocycles. The lowest BCUT2D eigenvalue weighted by Gasteiger charge is -2.34. The summed E-state index contributed by atoms with van der Waals surface area (Å²) in [5, 5.41) is 2.87. The van der Waals surface area contributed by atoms with Crippen LogP contribution in [-0.2, 0) is 4.79 Å². The van der Waals surface area contributed by atoms with Gasteiger partial charge in [-0.1, -0.05) is 0 Å². The second-order valence-electron chi connectivity index (χ2n) is 5.86. The van der Waals surface area contributed by atoms with Crippen molar-refractivity contribution in [2.24, 2.45) is 5.73 Å². The molecule has 1 amide bonds. The zero-order valence-corrected chi connectivity index (χ0v) is 12.7. The van der Waals surface area contributed by atoms with Gasteiger partial charge in [-0.05, 0) is 19.9 Å². The Morgan fingerprint density at radius 2 is 1.90 bits per heavy atom. The van der Waals surface area contributed by atoms with Gasteiger partial charge in [-0.2, -0.15) is 0 Å². The van der Waals surface area contributed by atoms with Crippen LogP contribution in [0.5, 0.6) is 0 Å². The third-order valence-corrected chi connectivity index (χ3v) is 3.51. The number of nitrogens with two attached hydrogens (primary N) is 1. The van der Waals surface area contributed by atoms with Crippen LogP contribution in [0.2, 0.25) is 0 Å². The van der Waals surface area contributed by atoms with E-state index in [4.69, 9.17) is 5.73 Å². The monoisotopic (exact) mass is 292 g/mol. The molecule has 0 aliphatic carbocycles. The van der Waals surface area contributed by atoms with Crippen molar-refractivity contribution >= 4 is 11.9 Å². The summed E-state index contributed by atoms with van der Waals surface area (Å²) in [5.41, 5.74) is 4.92. The highest BCUT2D eigenvalue weighted by Crippen LogP contribution is 2.09. The first-order valence-corrected chi connectivity index (χ1v) is 7.28. The van der Waals surface area contributed by atoms with Gasteiger partial charge in [-0.25, -0.2) is 9.97 Å². The Hall–Kier alpha value is -1.73. The topological polar surface area (TPSA) is 87.4 Å². The number of aromatic nitrogens is 2. The molecule has 1 aliphatic heterocycles. The van der Waals surface area contributed by atoms with E-state index in [0.29, 0.717) is 6.54 Å². The zero-order valence-electron chi connectivity index (χ0n) is 12.7. The first kappa shape index (κ1) is 15.7. The highest BCUT2D eigenvalue weighted by molar-refractivity contribution is 5.84. The van der Waals surface area contributed by atoms with E-state index in [1.165, 1.54) is 0 Å². The molecule has 1 aliphatic rings. The van der Waals surface area contributed by atoms with Crippen LogP contribution >= 0.6 is 0 Å². The van der Waals surface area contributed by atoms with Crippen molar-refractivity contribution in [3.8, 4) is 0 Å². The summed E-state index contributed by atoms with van der Waals surface area (Å²) in [6, 6.07) is 1.82. The van der Waals surface area contributed by atoms with Gasteiger partial charge in [0.1, 0.15) is 0 Å². The van der Waals surface area contributed by atoms with Crippen molar-refractivity contribution in [2.75, 3.05) is 44.2 Å². The zero-order chi connectivity index (χ0) is 15.3. The first-order chi connectivity index (χ1) is 9.97. The van der Waals surface area contributed by atoms with E-state index in [1.807, 2.05) is 6.07 Å². The minimum absolute atomic E-state index is 0.112. The maximum Gasteiger partial charge on any atom is 0.239 e. The Labute approximate surface area is 125 Å². The predicted octanol–water partition coefficient (Wildman–Crippen LogP) is -0.548. The van der Waals surface area contributed by atoms with Crippen LogP contribution in [0.4, 0.5) is 5.95 Å². The molecule has 0 bridgehead atoms. The molecule has 0 atom stereocenters. The van der Waals surface area contributed by atoms with Crippen LogP contribution in [-0.4, -0.2) is 65.6 Å². The average Bonchev–Trinajstić information content (AvgIpc) is 2.48. The molecule has 1 aromatic rings. The molecule has 1 saturated heterocycles. The number of carbonyl (C=O) groups is 1. The van der Waals surface area contributed by atoms with Crippen molar-refractivity contribution in [3.63, 3.8) is 0 Å². The lowest BCUT2D eigenvalue weighted by molar-refractivity contribution is -0.125. The molecule has 0 aromatic carbocycles. The van der Waals surface area contributed by atoms with E-state index < -0.39 is 5.54 Å². The average molecular weight is 292 g/mol. The molecular weight excluding hydrogens is 268 g/mol. The summed E-state index contributed by atoms with van der Waals surface area (Å²) in [6.45, 7) is 8.58. The summed E-state index contributed by atoms with van der Waals surface area (Å²) in [5.74, 6) is 0.675. The van der Waals surface area contributed by atoms with E-state index in [0.717, 1.165) is 38.7 Å². The fourth-order valence-corrected chi connectivity index (χ4v) is 2.18. The van der Waals surface area contributed by atoms with Gasteiger partial charge in [0.15, 0.2) is 0 Å². The first-order valence-electron chi connectivity index (χ1n) is 7.28. The molecule has 0 spiro atoms.